The monoisotopic (exact) mass is 359 g/mol. The van der Waals surface area contributed by atoms with E-state index < -0.39 is 0 Å². The summed E-state index contributed by atoms with van der Waals surface area (Å²) in [6.07, 6.45) is 5.04. The minimum Gasteiger partial charge on any atom is -0.752 e. The van der Waals surface area contributed by atoms with Gasteiger partial charge in [0.2, 0.25) is 5.96 Å². The molecule has 0 aromatic heterocycles. The van der Waals surface area contributed by atoms with Gasteiger partial charge in [0.05, 0.1) is 24.6 Å². The van der Waals surface area contributed by atoms with Crippen LogP contribution in [0.25, 0.3) is 0 Å². The van der Waals surface area contributed by atoms with Crippen LogP contribution >= 0.6 is 0 Å². The summed E-state index contributed by atoms with van der Waals surface area (Å²) >= 11 is 0. The number of rotatable bonds is 4. The first-order valence-corrected chi connectivity index (χ1v) is 9.44. The first-order valence-electron chi connectivity index (χ1n) is 9.44. The van der Waals surface area contributed by atoms with Gasteiger partial charge in [-0.15, -0.1) is 0 Å². The van der Waals surface area contributed by atoms with Gasteiger partial charge in [0, 0.05) is 26.2 Å². The molecule has 0 unspecified atom stereocenters. The molecule has 0 amide bonds. The number of nitrogens with one attached hydrogen (secondary N) is 1. The van der Waals surface area contributed by atoms with Crippen molar-refractivity contribution >= 4 is 17.3 Å². The zero-order valence-corrected chi connectivity index (χ0v) is 14.9. The lowest BCUT2D eigenvalue weighted by molar-refractivity contribution is 0.0377. The van der Waals surface area contributed by atoms with Gasteiger partial charge in [0.1, 0.15) is 0 Å². The first-order chi connectivity index (χ1) is 12.7. The summed E-state index contributed by atoms with van der Waals surface area (Å²) < 4.78 is 5.33. The lowest BCUT2D eigenvalue weighted by Gasteiger charge is -2.47. The molecule has 8 nitrogen and oxygen atoms in total. The molecule has 0 saturated carbocycles. The molecule has 1 aromatic carbocycles. The molecule has 0 atom stereocenters. The number of aryl methyl sites for hydroxylation is 2. The largest absolute Gasteiger partial charge is 0.752 e. The third kappa shape index (κ3) is 3.64. The molecular weight excluding hydrogens is 334 g/mol. The second kappa shape index (κ2) is 7.79. The van der Waals surface area contributed by atoms with E-state index in [1.165, 1.54) is 11.1 Å². The van der Waals surface area contributed by atoms with E-state index in [0.29, 0.717) is 23.1 Å². The molecule has 8 heteroatoms. The molecule has 1 aromatic rings. The van der Waals surface area contributed by atoms with Crippen LogP contribution in [-0.4, -0.2) is 50.3 Å². The summed E-state index contributed by atoms with van der Waals surface area (Å²) in [5, 5.41) is 26.4. The maximum Gasteiger partial charge on any atom is 0.206 e. The van der Waals surface area contributed by atoms with Crippen molar-refractivity contribution in [3.05, 3.63) is 33.7 Å². The fraction of sp³-hybridized carbons (Fsp3) is 0.611. The first kappa shape index (κ1) is 17.5. The number of hydrazine groups is 1. The molecule has 4 rings (SSSR count). The number of morpholine rings is 1. The van der Waals surface area contributed by atoms with E-state index in [-0.39, 0.29) is 5.96 Å². The van der Waals surface area contributed by atoms with E-state index in [0.717, 1.165) is 70.0 Å². The zero-order valence-electron chi connectivity index (χ0n) is 14.9. The topological polar surface area (TPSA) is 89.5 Å². The Kier molecular flexibility index (Phi) is 5.26. The number of benzene rings is 1. The van der Waals surface area contributed by atoms with Crippen molar-refractivity contribution in [2.45, 2.75) is 32.1 Å². The van der Waals surface area contributed by atoms with Crippen LogP contribution in [0.4, 0.5) is 11.4 Å². The van der Waals surface area contributed by atoms with E-state index in [9.17, 15) is 10.4 Å². The van der Waals surface area contributed by atoms with E-state index in [4.69, 9.17) is 4.74 Å². The number of anilines is 2. The quantitative estimate of drug-likeness (QED) is 0.820. The fourth-order valence-electron chi connectivity index (χ4n) is 3.80. The number of nitrogens with zero attached hydrogens (tertiary/aromatic N) is 4. The summed E-state index contributed by atoms with van der Waals surface area (Å²) in [5.41, 5.74) is 5.71. The van der Waals surface area contributed by atoms with Crippen molar-refractivity contribution in [1.29, 1.82) is 0 Å². The Morgan fingerprint density at radius 3 is 2.46 bits per heavy atom. The van der Waals surface area contributed by atoms with Gasteiger partial charge in [-0.2, -0.15) is 0 Å². The molecule has 142 valence electrons. The van der Waals surface area contributed by atoms with Gasteiger partial charge < -0.3 is 25.4 Å². The van der Waals surface area contributed by atoms with Crippen LogP contribution in [0.2, 0.25) is 0 Å². The lowest BCUT2D eigenvalue weighted by atomic mass is 9.90. The molecule has 2 heterocycles. The van der Waals surface area contributed by atoms with E-state index in [1.54, 1.807) is 0 Å². The molecule has 26 heavy (non-hydrogen) atoms. The molecule has 2 aliphatic heterocycles. The highest BCUT2D eigenvalue weighted by atomic mass is 16.6. The van der Waals surface area contributed by atoms with E-state index in [1.807, 2.05) is 12.1 Å². The van der Waals surface area contributed by atoms with Crippen molar-refractivity contribution in [1.82, 2.24) is 10.3 Å². The van der Waals surface area contributed by atoms with Crippen molar-refractivity contribution in [3.63, 3.8) is 0 Å². The summed E-state index contributed by atoms with van der Waals surface area (Å²) in [5.74, 6) is 0.0743. The maximum atomic E-state index is 12.7. The lowest BCUT2D eigenvalue weighted by Crippen LogP contribution is -2.50. The minimum atomic E-state index is 0.0743. The SMILES string of the molecule is [O-]N1NC(=NCCCN2CCOCC2)N([O-])c2cc3c(cc21)CCCC3. The average molecular weight is 359 g/mol. The van der Waals surface area contributed by atoms with Crippen LogP contribution < -0.4 is 15.7 Å². The number of hydrogen-bond acceptors (Lipinski definition) is 6. The number of hydroxylamine groups is 1. The van der Waals surface area contributed by atoms with Gasteiger partial charge in [-0.05, 0) is 55.4 Å². The summed E-state index contributed by atoms with van der Waals surface area (Å²) in [7, 11) is 0. The maximum absolute atomic E-state index is 12.7. The molecule has 1 saturated heterocycles. The Morgan fingerprint density at radius 1 is 1.04 bits per heavy atom. The predicted octanol–water partition coefficient (Wildman–Crippen LogP) is 1.77. The van der Waals surface area contributed by atoms with Crippen molar-refractivity contribution in [3.8, 4) is 0 Å². The van der Waals surface area contributed by atoms with Gasteiger partial charge in [-0.3, -0.25) is 15.3 Å². The smallest absolute Gasteiger partial charge is 0.206 e. The summed E-state index contributed by atoms with van der Waals surface area (Å²) in [4.78, 5) is 6.66. The third-order valence-electron chi connectivity index (χ3n) is 5.27. The highest BCUT2D eigenvalue weighted by molar-refractivity contribution is 6.04. The predicted molar refractivity (Wildman–Crippen MR) is 102 cm³/mol. The van der Waals surface area contributed by atoms with Crippen LogP contribution in [0.5, 0.6) is 0 Å². The summed E-state index contributed by atoms with van der Waals surface area (Å²) in [6.45, 7) is 4.86. The van der Waals surface area contributed by atoms with Crippen LogP contribution in [0, 0.1) is 10.4 Å². The highest BCUT2D eigenvalue weighted by Gasteiger charge is 2.21. The Balaban J connectivity index is 1.42. The van der Waals surface area contributed by atoms with Crippen LogP contribution in [0.1, 0.15) is 30.4 Å². The molecular formula is C18H25N5O3-2. The standard InChI is InChI=1S/C18H25N5O3/c24-22-16-12-14-4-1-2-5-15(14)13-17(16)23(25)20-18(22)19-6-3-7-21-8-10-26-11-9-21/h12-13H,1-11H2,(H,19,20)/q-2. The third-order valence-corrected chi connectivity index (χ3v) is 5.27. The Labute approximate surface area is 153 Å². The van der Waals surface area contributed by atoms with Gasteiger partial charge in [0.25, 0.3) is 0 Å². The molecule has 1 aliphatic carbocycles. The number of guanidine groups is 1. The number of fused-ring (bicyclic) bond motifs is 2. The van der Waals surface area contributed by atoms with Gasteiger partial charge in [0.15, 0.2) is 0 Å². The normalized spacial score (nSPS) is 22.2. The van der Waals surface area contributed by atoms with E-state index in [2.05, 4.69) is 15.3 Å². The number of ether oxygens (including phenoxy) is 1. The Bertz CT molecular complexity index is 675. The second-order valence-corrected chi connectivity index (χ2v) is 7.03. The van der Waals surface area contributed by atoms with Gasteiger partial charge in [-0.25, -0.2) is 0 Å². The van der Waals surface area contributed by atoms with Crippen LogP contribution in [0.3, 0.4) is 0 Å². The molecule has 0 radical (unpaired) electrons. The molecule has 1 fully saturated rings. The van der Waals surface area contributed by atoms with Crippen LogP contribution in [0.15, 0.2) is 17.1 Å². The zero-order chi connectivity index (χ0) is 17.9. The second-order valence-electron chi connectivity index (χ2n) is 7.03. The van der Waals surface area contributed by atoms with Crippen LogP contribution in [-0.2, 0) is 17.6 Å². The number of aliphatic imine (C=N–C) groups is 1. The minimum absolute atomic E-state index is 0.0743. The number of hydrogen-bond donors (Lipinski definition) is 1. The average Bonchev–Trinajstić information content (AvgIpc) is 2.68. The Hall–Kier alpha value is -1.87. The molecule has 0 spiro atoms. The van der Waals surface area contributed by atoms with Gasteiger partial charge in [-0.1, -0.05) is 0 Å². The van der Waals surface area contributed by atoms with Crippen molar-refractivity contribution in [2.24, 2.45) is 4.99 Å². The Morgan fingerprint density at radius 2 is 1.73 bits per heavy atom. The fourth-order valence-corrected chi connectivity index (χ4v) is 3.80. The van der Waals surface area contributed by atoms with E-state index >= 15 is 0 Å². The van der Waals surface area contributed by atoms with Crippen molar-refractivity contribution in [2.75, 3.05) is 49.6 Å². The van der Waals surface area contributed by atoms with Gasteiger partial charge >= 0.3 is 0 Å². The molecule has 0 bridgehead atoms. The molecule has 1 N–H and O–H groups in total. The molecule has 3 aliphatic rings. The highest BCUT2D eigenvalue weighted by Crippen LogP contribution is 2.36. The summed E-state index contributed by atoms with van der Waals surface area (Å²) in [6, 6.07) is 3.72. The van der Waals surface area contributed by atoms with Crippen molar-refractivity contribution < 1.29 is 4.74 Å².